The number of carbonyl (C=O) groups excluding carboxylic acids is 1. The summed E-state index contributed by atoms with van der Waals surface area (Å²) in [6, 6.07) is 6.01. The Kier molecular flexibility index (Phi) is 5.69. The lowest BCUT2D eigenvalue weighted by atomic mass is 10.3. The van der Waals surface area contributed by atoms with Crippen LogP contribution in [0.15, 0.2) is 34.5 Å². The molecule has 2 rings (SSSR count). The van der Waals surface area contributed by atoms with Gasteiger partial charge in [-0.25, -0.2) is 18.1 Å². The highest BCUT2D eigenvalue weighted by molar-refractivity contribution is 7.89. The number of rotatable bonds is 7. The molecule has 1 aromatic heterocycles. The van der Waals surface area contributed by atoms with Gasteiger partial charge in [-0.2, -0.15) is 0 Å². The third kappa shape index (κ3) is 5.02. The predicted molar refractivity (Wildman–Crippen MR) is 91.3 cm³/mol. The van der Waals surface area contributed by atoms with Gasteiger partial charge in [-0.1, -0.05) is 0 Å². The molecule has 0 spiro atoms. The molecule has 0 saturated carbocycles. The number of hydrogen-bond donors (Lipinski definition) is 3. The van der Waals surface area contributed by atoms with E-state index in [2.05, 4.69) is 20.3 Å². The second-order valence-electron chi connectivity index (χ2n) is 4.75. The fourth-order valence-electron chi connectivity index (χ4n) is 1.85. The highest BCUT2D eigenvalue weighted by atomic mass is 32.2. The van der Waals surface area contributed by atoms with Crippen LogP contribution in [0, 0.1) is 0 Å². The fraction of sp³-hybridized carbons (Fsp3) is 0.286. The van der Waals surface area contributed by atoms with Crippen LogP contribution in [0.3, 0.4) is 0 Å². The van der Waals surface area contributed by atoms with E-state index in [9.17, 15) is 13.2 Å². The van der Waals surface area contributed by atoms with Crippen LogP contribution in [0.5, 0.6) is 0 Å². The molecular weight excluding hydrogens is 336 g/mol. The monoisotopic (exact) mass is 354 g/mol. The van der Waals surface area contributed by atoms with Crippen molar-refractivity contribution in [2.24, 2.45) is 0 Å². The first-order valence-corrected chi connectivity index (χ1v) is 9.26. The van der Waals surface area contributed by atoms with E-state index in [1.165, 1.54) is 30.4 Å². The summed E-state index contributed by atoms with van der Waals surface area (Å²) in [5.74, 6) is -0.206. The van der Waals surface area contributed by atoms with Crippen LogP contribution in [0.1, 0.15) is 12.6 Å². The first-order chi connectivity index (χ1) is 10.9. The summed E-state index contributed by atoms with van der Waals surface area (Å²) in [7, 11) is -1.79. The second-order valence-corrected chi connectivity index (χ2v) is 7.37. The van der Waals surface area contributed by atoms with Gasteiger partial charge >= 0.3 is 0 Å². The van der Waals surface area contributed by atoms with Gasteiger partial charge in [-0.15, -0.1) is 11.3 Å². The Morgan fingerprint density at radius 3 is 2.52 bits per heavy atom. The third-order valence-corrected chi connectivity index (χ3v) is 5.31. The summed E-state index contributed by atoms with van der Waals surface area (Å²) in [6.45, 7) is 1.66. The van der Waals surface area contributed by atoms with Gasteiger partial charge < -0.3 is 10.6 Å². The molecule has 124 valence electrons. The van der Waals surface area contributed by atoms with Gasteiger partial charge in [0.05, 0.1) is 10.6 Å². The van der Waals surface area contributed by atoms with Crippen LogP contribution < -0.4 is 15.4 Å². The molecule has 23 heavy (non-hydrogen) atoms. The van der Waals surface area contributed by atoms with Crippen molar-refractivity contribution in [3.8, 4) is 0 Å². The molecular formula is C14H18N4O3S2. The number of carbonyl (C=O) groups is 1. The highest BCUT2D eigenvalue weighted by Crippen LogP contribution is 2.16. The molecule has 2 aromatic rings. The van der Waals surface area contributed by atoms with Crippen molar-refractivity contribution in [2.45, 2.75) is 18.2 Å². The van der Waals surface area contributed by atoms with Gasteiger partial charge in [0.1, 0.15) is 0 Å². The Balaban J connectivity index is 1.94. The predicted octanol–water partition coefficient (Wildman–Crippen LogP) is 1.66. The normalized spacial score (nSPS) is 11.2. The number of hydrogen-bond acceptors (Lipinski definition) is 6. The van der Waals surface area contributed by atoms with E-state index in [1.54, 1.807) is 19.2 Å². The molecule has 1 heterocycles. The lowest BCUT2D eigenvalue weighted by Crippen LogP contribution is -2.26. The van der Waals surface area contributed by atoms with Crippen molar-refractivity contribution in [3.63, 3.8) is 0 Å². The van der Waals surface area contributed by atoms with Crippen molar-refractivity contribution < 1.29 is 13.2 Å². The Morgan fingerprint density at radius 2 is 1.96 bits per heavy atom. The Labute approximate surface area is 139 Å². The van der Waals surface area contributed by atoms with Crippen molar-refractivity contribution in [3.05, 3.63) is 35.3 Å². The van der Waals surface area contributed by atoms with Gasteiger partial charge in [-0.3, -0.25) is 4.79 Å². The van der Waals surface area contributed by atoms with E-state index in [4.69, 9.17) is 0 Å². The number of amides is 1. The smallest absolute Gasteiger partial charge is 0.240 e. The van der Waals surface area contributed by atoms with Crippen LogP contribution in [0.25, 0.3) is 0 Å². The number of benzene rings is 1. The van der Waals surface area contributed by atoms with E-state index in [-0.39, 0.29) is 17.3 Å². The Morgan fingerprint density at radius 1 is 1.26 bits per heavy atom. The maximum absolute atomic E-state index is 12.2. The number of sulfonamides is 1. The minimum Gasteiger partial charge on any atom is -0.365 e. The summed E-state index contributed by atoms with van der Waals surface area (Å²) in [4.78, 5) is 15.4. The molecule has 0 radical (unpaired) electrons. The Bertz CT molecular complexity index is 770. The van der Waals surface area contributed by atoms with E-state index < -0.39 is 10.0 Å². The molecule has 1 amide bonds. The summed E-state index contributed by atoms with van der Waals surface area (Å²) in [5, 5.41) is 8.22. The van der Waals surface area contributed by atoms with Crippen LogP contribution >= 0.6 is 11.3 Å². The number of anilines is 2. The molecule has 0 saturated heterocycles. The zero-order valence-corrected chi connectivity index (χ0v) is 14.4. The van der Waals surface area contributed by atoms with Crippen LogP contribution in [-0.4, -0.2) is 32.9 Å². The minimum atomic E-state index is -3.58. The zero-order valence-electron chi connectivity index (χ0n) is 12.8. The maximum atomic E-state index is 12.2. The van der Waals surface area contributed by atoms with Crippen molar-refractivity contribution in [1.29, 1.82) is 0 Å². The standard InChI is InChI=1S/C14H18N4O3S2/c1-10(19)17-11-3-5-13(6-4-11)23(20,21)16-8-7-12-9-22-14(15-2)18-12/h3-6,9,16H,7-8H2,1-2H3,(H,15,18)(H,17,19). The molecule has 0 unspecified atom stereocenters. The van der Waals surface area contributed by atoms with E-state index >= 15 is 0 Å². The molecule has 3 N–H and O–H groups in total. The largest absolute Gasteiger partial charge is 0.365 e. The molecule has 1 aromatic carbocycles. The van der Waals surface area contributed by atoms with Gasteiger partial charge in [-0.05, 0) is 24.3 Å². The summed E-state index contributed by atoms with van der Waals surface area (Å²) in [5.41, 5.74) is 1.39. The van der Waals surface area contributed by atoms with Crippen molar-refractivity contribution in [2.75, 3.05) is 24.2 Å². The van der Waals surface area contributed by atoms with Gasteiger partial charge in [0.2, 0.25) is 15.9 Å². The summed E-state index contributed by atoms with van der Waals surface area (Å²) in [6.07, 6.45) is 0.515. The zero-order chi connectivity index (χ0) is 16.9. The number of nitrogens with one attached hydrogen (secondary N) is 3. The lowest BCUT2D eigenvalue weighted by molar-refractivity contribution is -0.114. The lowest BCUT2D eigenvalue weighted by Gasteiger charge is -2.07. The molecule has 0 aliphatic carbocycles. The number of aromatic nitrogens is 1. The first-order valence-electron chi connectivity index (χ1n) is 6.90. The minimum absolute atomic E-state index is 0.154. The van der Waals surface area contributed by atoms with Gasteiger partial charge in [0, 0.05) is 38.0 Å². The van der Waals surface area contributed by atoms with Gasteiger partial charge in [0.15, 0.2) is 5.13 Å². The fourth-order valence-corrected chi connectivity index (χ4v) is 3.59. The first kappa shape index (κ1) is 17.4. The van der Waals surface area contributed by atoms with Crippen LogP contribution in [0.4, 0.5) is 10.8 Å². The summed E-state index contributed by atoms with van der Waals surface area (Å²) >= 11 is 1.48. The molecule has 0 fully saturated rings. The van der Waals surface area contributed by atoms with Crippen molar-refractivity contribution in [1.82, 2.24) is 9.71 Å². The second kappa shape index (κ2) is 7.53. The maximum Gasteiger partial charge on any atom is 0.240 e. The molecule has 0 aliphatic rings. The number of nitrogens with zero attached hydrogens (tertiary/aromatic N) is 1. The SMILES string of the molecule is CNc1nc(CCNS(=O)(=O)c2ccc(NC(C)=O)cc2)cs1. The molecule has 0 bridgehead atoms. The van der Waals surface area contributed by atoms with Crippen molar-refractivity contribution >= 4 is 38.1 Å². The van der Waals surface area contributed by atoms with E-state index in [1.807, 2.05) is 5.38 Å². The molecule has 0 atom stereocenters. The topological polar surface area (TPSA) is 100 Å². The molecule has 9 heteroatoms. The third-order valence-electron chi connectivity index (χ3n) is 2.92. The van der Waals surface area contributed by atoms with Crippen LogP contribution in [-0.2, 0) is 21.2 Å². The average Bonchev–Trinajstić information content (AvgIpc) is 2.95. The molecule has 7 nitrogen and oxygen atoms in total. The quantitative estimate of drug-likeness (QED) is 0.702. The molecule has 0 aliphatic heterocycles. The number of thiazole rings is 1. The van der Waals surface area contributed by atoms with Gasteiger partial charge in [0.25, 0.3) is 0 Å². The average molecular weight is 354 g/mol. The Hall–Kier alpha value is -1.97. The van der Waals surface area contributed by atoms with Crippen LogP contribution in [0.2, 0.25) is 0 Å². The highest BCUT2D eigenvalue weighted by Gasteiger charge is 2.13. The summed E-state index contributed by atoms with van der Waals surface area (Å²) < 4.78 is 26.9. The van der Waals surface area contributed by atoms with E-state index in [0.717, 1.165) is 10.8 Å². The van der Waals surface area contributed by atoms with E-state index in [0.29, 0.717) is 12.1 Å².